The van der Waals surface area contributed by atoms with Gasteiger partial charge in [-0.2, -0.15) is 0 Å². The van der Waals surface area contributed by atoms with Crippen LogP contribution in [0.2, 0.25) is 0 Å². The molecule has 1 atom stereocenters. The summed E-state index contributed by atoms with van der Waals surface area (Å²) in [5.74, 6) is -0.232. The Hall–Kier alpha value is -2.82. The molecule has 0 heterocycles. The molecular weight excluding hydrogens is 342 g/mol. The standard InChI is InChI=1S/C22H27NO4/c1-16-9-10-17(2)20(13-16)26-15-22(25)27-14-21(24)23-18(3)11-12-19-7-5-4-6-8-19/h4-10,13,18H,11-12,14-15H2,1-3H3,(H,23,24). The lowest BCUT2D eigenvalue weighted by Crippen LogP contribution is -2.36. The van der Waals surface area contributed by atoms with Gasteiger partial charge in [-0.25, -0.2) is 4.79 Å². The summed E-state index contributed by atoms with van der Waals surface area (Å²) in [5, 5.41) is 2.84. The van der Waals surface area contributed by atoms with Crippen LogP contribution < -0.4 is 10.1 Å². The molecule has 5 heteroatoms. The molecule has 144 valence electrons. The predicted octanol–water partition coefficient (Wildman–Crippen LogP) is 3.36. The Morgan fingerprint density at radius 2 is 1.78 bits per heavy atom. The lowest BCUT2D eigenvalue weighted by Gasteiger charge is -2.14. The molecule has 0 saturated carbocycles. The van der Waals surface area contributed by atoms with Gasteiger partial charge in [-0.05, 0) is 56.4 Å². The largest absolute Gasteiger partial charge is 0.482 e. The normalized spacial score (nSPS) is 11.5. The fraction of sp³-hybridized carbons (Fsp3) is 0.364. The van der Waals surface area contributed by atoms with Gasteiger partial charge < -0.3 is 14.8 Å². The van der Waals surface area contributed by atoms with Crippen LogP contribution in [0.4, 0.5) is 0 Å². The number of amides is 1. The van der Waals surface area contributed by atoms with Gasteiger partial charge in [0.15, 0.2) is 13.2 Å². The molecule has 27 heavy (non-hydrogen) atoms. The van der Waals surface area contributed by atoms with Crippen LogP contribution in [0.5, 0.6) is 5.75 Å². The molecule has 0 aliphatic heterocycles. The second-order valence-electron chi connectivity index (χ2n) is 6.71. The Balaban J connectivity index is 1.65. The van der Waals surface area contributed by atoms with E-state index in [4.69, 9.17) is 9.47 Å². The summed E-state index contributed by atoms with van der Waals surface area (Å²) in [7, 11) is 0. The number of rotatable bonds is 9. The maximum absolute atomic E-state index is 11.9. The summed E-state index contributed by atoms with van der Waals surface area (Å²) in [5.41, 5.74) is 3.22. The second-order valence-corrected chi connectivity index (χ2v) is 6.71. The van der Waals surface area contributed by atoms with Crippen LogP contribution in [-0.2, 0) is 20.7 Å². The van der Waals surface area contributed by atoms with E-state index in [1.54, 1.807) is 0 Å². The first-order valence-electron chi connectivity index (χ1n) is 9.13. The van der Waals surface area contributed by atoms with Gasteiger partial charge in [-0.1, -0.05) is 42.5 Å². The Morgan fingerprint density at radius 3 is 2.52 bits per heavy atom. The average molecular weight is 369 g/mol. The lowest BCUT2D eigenvalue weighted by molar-refractivity contribution is -0.150. The molecule has 0 fully saturated rings. The summed E-state index contributed by atoms with van der Waals surface area (Å²) in [4.78, 5) is 23.7. The van der Waals surface area contributed by atoms with Gasteiger partial charge in [0.1, 0.15) is 5.75 Å². The molecule has 1 N–H and O–H groups in total. The van der Waals surface area contributed by atoms with E-state index in [0.717, 1.165) is 24.0 Å². The monoisotopic (exact) mass is 369 g/mol. The fourth-order valence-electron chi connectivity index (χ4n) is 2.60. The van der Waals surface area contributed by atoms with E-state index in [9.17, 15) is 9.59 Å². The summed E-state index contributed by atoms with van der Waals surface area (Å²) < 4.78 is 10.5. The number of benzene rings is 2. The molecule has 0 aliphatic rings. The Morgan fingerprint density at radius 1 is 1.04 bits per heavy atom. The van der Waals surface area contributed by atoms with Crippen molar-refractivity contribution in [1.29, 1.82) is 0 Å². The third-order valence-electron chi connectivity index (χ3n) is 4.17. The van der Waals surface area contributed by atoms with Gasteiger partial charge in [0.25, 0.3) is 5.91 Å². The number of hydrogen-bond donors (Lipinski definition) is 1. The molecule has 0 aliphatic carbocycles. The molecule has 2 rings (SSSR count). The number of aryl methyl sites for hydroxylation is 3. The zero-order valence-electron chi connectivity index (χ0n) is 16.2. The highest BCUT2D eigenvalue weighted by Crippen LogP contribution is 2.18. The molecule has 0 aromatic heterocycles. The van der Waals surface area contributed by atoms with E-state index in [1.165, 1.54) is 5.56 Å². The van der Waals surface area contributed by atoms with Crippen molar-refractivity contribution in [3.05, 3.63) is 65.2 Å². The van der Waals surface area contributed by atoms with Gasteiger partial charge in [-0.15, -0.1) is 0 Å². The maximum atomic E-state index is 11.9. The number of ether oxygens (including phenoxy) is 2. The van der Waals surface area contributed by atoms with Gasteiger partial charge >= 0.3 is 5.97 Å². The van der Waals surface area contributed by atoms with E-state index < -0.39 is 5.97 Å². The average Bonchev–Trinajstić information content (AvgIpc) is 2.66. The topological polar surface area (TPSA) is 64.6 Å². The lowest BCUT2D eigenvalue weighted by atomic mass is 10.1. The fourth-order valence-corrected chi connectivity index (χ4v) is 2.60. The van der Waals surface area contributed by atoms with E-state index in [2.05, 4.69) is 17.4 Å². The first kappa shape index (κ1) is 20.5. The molecule has 5 nitrogen and oxygen atoms in total. The van der Waals surface area contributed by atoms with Crippen molar-refractivity contribution in [3.8, 4) is 5.75 Å². The third kappa shape index (κ3) is 7.52. The van der Waals surface area contributed by atoms with E-state index in [1.807, 2.05) is 57.2 Å². The predicted molar refractivity (Wildman–Crippen MR) is 105 cm³/mol. The molecule has 1 unspecified atom stereocenters. The van der Waals surface area contributed by atoms with Crippen LogP contribution >= 0.6 is 0 Å². The van der Waals surface area contributed by atoms with Crippen molar-refractivity contribution in [1.82, 2.24) is 5.32 Å². The highest BCUT2D eigenvalue weighted by Gasteiger charge is 2.12. The van der Waals surface area contributed by atoms with Crippen LogP contribution in [0.3, 0.4) is 0 Å². The molecule has 0 bridgehead atoms. The first-order valence-corrected chi connectivity index (χ1v) is 9.13. The number of carbonyl (C=O) groups is 2. The van der Waals surface area contributed by atoms with E-state index in [0.29, 0.717) is 5.75 Å². The van der Waals surface area contributed by atoms with E-state index in [-0.39, 0.29) is 25.2 Å². The van der Waals surface area contributed by atoms with Gasteiger partial charge in [0.2, 0.25) is 0 Å². The van der Waals surface area contributed by atoms with Gasteiger partial charge in [0.05, 0.1) is 0 Å². The van der Waals surface area contributed by atoms with Crippen molar-refractivity contribution in [2.24, 2.45) is 0 Å². The minimum atomic E-state index is -0.567. The summed E-state index contributed by atoms with van der Waals surface area (Å²) in [6, 6.07) is 15.9. The number of nitrogens with one attached hydrogen (secondary N) is 1. The van der Waals surface area contributed by atoms with Gasteiger partial charge in [0, 0.05) is 6.04 Å². The Kier molecular flexibility index (Phi) is 7.86. The maximum Gasteiger partial charge on any atom is 0.344 e. The smallest absolute Gasteiger partial charge is 0.344 e. The minimum absolute atomic E-state index is 0.00241. The quantitative estimate of drug-likeness (QED) is 0.689. The third-order valence-corrected chi connectivity index (χ3v) is 4.17. The van der Waals surface area contributed by atoms with Crippen LogP contribution in [-0.4, -0.2) is 31.1 Å². The Bertz CT molecular complexity index is 758. The number of esters is 1. The van der Waals surface area contributed by atoms with Crippen molar-refractivity contribution < 1.29 is 19.1 Å². The molecule has 0 saturated heterocycles. The highest BCUT2D eigenvalue weighted by atomic mass is 16.6. The van der Waals surface area contributed by atoms with Crippen molar-refractivity contribution >= 4 is 11.9 Å². The van der Waals surface area contributed by atoms with Crippen LogP contribution in [0.25, 0.3) is 0 Å². The first-order chi connectivity index (χ1) is 12.9. The minimum Gasteiger partial charge on any atom is -0.482 e. The number of hydrogen-bond acceptors (Lipinski definition) is 4. The van der Waals surface area contributed by atoms with Crippen LogP contribution in [0.15, 0.2) is 48.5 Å². The van der Waals surface area contributed by atoms with Crippen molar-refractivity contribution in [3.63, 3.8) is 0 Å². The zero-order valence-corrected chi connectivity index (χ0v) is 16.2. The van der Waals surface area contributed by atoms with Gasteiger partial charge in [-0.3, -0.25) is 4.79 Å². The second kappa shape index (κ2) is 10.4. The van der Waals surface area contributed by atoms with Crippen LogP contribution in [0, 0.1) is 13.8 Å². The van der Waals surface area contributed by atoms with Crippen molar-refractivity contribution in [2.45, 2.75) is 39.7 Å². The van der Waals surface area contributed by atoms with Crippen LogP contribution in [0.1, 0.15) is 30.0 Å². The zero-order chi connectivity index (χ0) is 19.6. The molecule has 2 aromatic rings. The number of carbonyl (C=O) groups excluding carboxylic acids is 2. The molecular formula is C22H27NO4. The molecule has 0 spiro atoms. The SMILES string of the molecule is Cc1ccc(C)c(OCC(=O)OCC(=O)NC(C)CCc2ccccc2)c1. The molecule has 1 amide bonds. The Labute approximate surface area is 160 Å². The molecule has 0 radical (unpaired) electrons. The van der Waals surface area contributed by atoms with E-state index >= 15 is 0 Å². The summed E-state index contributed by atoms with van der Waals surface area (Å²) in [6.45, 7) is 5.27. The molecule has 2 aromatic carbocycles. The highest BCUT2D eigenvalue weighted by molar-refractivity contribution is 5.81. The summed E-state index contributed by atoms with van der Waals surface area (Å²) in [6.07, 6.45) is 1.70. The van der Waals surface area contributed by atoms with Crippen molar-refractivity contribution in [2.75, 3.05) is 13.2 Å². The summed E-state index contributed by atoms with van der Waals surface area (Å²) >= 11 is 0.